The number of nitrogens with zero attached hydrogens (tertiary/aromatic N) is 2. The van der Waals surface area contributed by atoms with E-state index in [4.69, 9.17) is 9.84 Å². The van der Waals surface area contributed by atoms with Gasteiger partial charge in [-0.2, -0.15) is 0 Å². The van der Waals surface area contributed by atoms with Crippen molar-refractivity contribution in [3.8, 4) is 17.0 Å². The molecule has 0 aliphatic rings. The van der Waals surface area contributed by atoms with Gasteiger partial charge in [0.15, 0.2) is 0 Å². The number of halogens is 2. The zero-order valence-electron chi connectivity index (χ0n) is 16.2. The molecule has 1 unspecified atom stereocenters. The SMILES string of the molecule is CC(C)CC(C)(COc1ccc(-c2ccnc(CF)c2)nc1CF)NC(=O)O. The van der Waals surface area contributed by atoms with Crippen molar-refractivity contribution >= 4 is 6.09 Å². The number of alkyl halides is 2. The molecule has 2 aromatic heterocycles. The molecule has 152 valence electrons. The summed E-state index contributed by atoms with van der Waals surface area (Å²) < 4.78 is 32.1. The van der Waals surface area contributed by atoms with Crippen LogP contribution in [0.1, 0.15) is 38.6 Å². The summed E-state index contributed by atoms with van der Waals surface area (Å²) in [6.07, 6.45) is 0.881. The van der Waals surface area contributed by atoms with Crippen molar-refractivity contribution in [2.45, 2.75) is 46.1 Å². The summed E-state index contributed by atoms with van der Waals surface area (Å²) in [5.41, 5.74) is 0.642. The Morgan fingerprint density at radius 2 is 2.04 bits per heavy atom. The summed E-state index contributed by atoms with van der Waals surface area (Å²) in [6, 6.07) is 6.46. The fourth-order valence-corrected chi connectivity index (χ4v) is 3.13. The second-order valence-corrected chi connectivity index (χ2v) is 7.32. The number of pyridine rings is 2. The molecule has 0 aromatic carbocycles. The van der Waals surface area contributed by atoms with Crippen molar-refractivity contribution in [3.63, 3.8) is 0 Å². The van der Waals surface area contributed by atoms with Gasteiger partial charge >= 0.3 is 6.09 Å². The molecule has 0 radical (unpaired) electrons. The Hall–Kier alpha value is -2.77. The van der Waals surface area contributed by atoms with Crippen LogP contribution in [0.3, 0.4) is 0 Å². The molecule has 8 heteroatoms. The minimum atomic E-state index is -1.15. The van der Waals surface area contributed by atoms with Crippen LogP contribution in [0.2, 0.25) is 0 Å². The van der Waals surface area contributed by atoms with E-state index in [9.17, 15) is 13.6 Å². The molecule has 0 saturated carbocycles. The number of aromatic nitrogens is 2. The summed E-state index contributed by atoms with van der Waals surface area (Å²) in [7, 11) is 0. The summed E-state index contributed by atoms with van der Waals surface area (Å²) in [6.45, 7) is 4.19. The second-order valence-electron chi connectivity index (χ2n) is 7.32. The third-order valence-corrected chi connectivity index (χ3v) is 4.12. The molecule has 2 rings (SSSR count). The summed E-state index contributed by atoms with van der Waals surface area (Å²) >= 11 is 0. The molecule has 2 heterocycles. The van der Waals surface area contributed by atoms with Crippen LogP contribution in [0.25, 0.3) is 11.3 Å². The maximum absolute atomic E-state index is 13.5. The maximum Gasteiger partial charge on any atom is 0.405 e. The Kier molecular flexibility index (Phi) is 7.25. The minimum absolute atomic E-state index is 0.0345. The van der Waals surface area contributed by atoms with Gasteiger partial charge in [-0.05, 0) is 43.5 Å². The Morgan fingerprint density at radius 1 is 1.29 bits per heavy atom. The van der Waals surface area contributed by atoms with Gasteiger partial charge in [0.25, 0.3) is 0 Å². The zero-order chi connectivity index (χ0) is 20.7. The number of rotatable bonds is 9. The van der Waals surface area contributed by atoms with Crippen molar-refractivity contribution < 1.29 is 23.4 Å². The first kappa shape index (κ1) is 21.5. The van der Waals surface area contributed by atoms with E-state index in [1.807, 2.05) is 13.8 Å². The molecule has 1 amide bonds. The molecule has 2 aromatic rings. The molecule has 0 saturated heterocycles. The minimum Gasteiger partial charge on any atom is -0.489 e. The van der Waals surface area contributed by atoms with Crippen molar-refractivity contribution in [3.05, 3.63) is 41.9 Å². The average Bonchev–Trinajstić information content (AvgIpc) is 2.65. The van der Waals surface area contributed by atoms with Gasteiger partial charge in [0.1, 0.15) is 31.4 Å². The van der Waals surface area contributed by atoms with E-state index in [1.54, 1.807) is 31.2 Å². The number of ether oxygens (including phenoxy) is 1. The van der Waals surface area contributed by atoms with E-state index in [2.05, 4.69) is 15.3 Å². The standard InChI is InChI=1S/C20H25F2N3O3/c1-13(2)9-20(3,25-19(26)27)12-28-18-5-4-16(24-17(18)11-22)14-6-7-23-15(8-14)10-21/h4-8,13,25H,9-12H2,1-3H3,(H,26,27). The number of hydrogen-bond donors (Lipinski definition) is 2. The number of carbonyl (C=O) groups is 1. The van der Waals surface area contributed by atoms with E-state index in [0.717, 1.165) is 0 Å². The van der Waals surface area contributed by atoms with Gasteiger partial charge in [-0.1, -0.05) is 13.8 Å². The number of amides is 1. The van der Waals surface area contributed by atoms with Gasteiger partial charge < -0.3 is 15.2 Å². The Bertz CT molecular complexity index is 817. The molecule has 0 aliphatic heterocycles. The fourth-order valence-electron chi connectivity index (χ4n) is 3.13. The lowest BCUT2D eigenvalue weighted by molar-refractivity contribution is 0.142. The molecule has 0 bridgehead atoms. The van der Waals surface area contributed by atoms with Crippen LogP contribution in [-0.2, 0) is 13.3 Å². The fraction of sp³-hybridized carbons (Fsp3) is 0.450. The van der Waals surface area contributed by atoms with Crippen LogP contribution in [-0.4, -0.2) is 33.3 Å². The molecule has 2 N–H and O–H groups in total. The highest BCUT2D eigenvalue weighted by atomic mass is 19.1. The van der Waals surface area contributed by atoms with E-state index in [-0.39, 0.29) is 29.7 Å². The summed E-state index contributed by atoms with van der Waals surface area (Å²) in [5.74, 6) is 0.478. The zero-order valence-corrected chi connectivity index (χ0v) is 16.2. The molecule has 0 spiro atoms. The van der Waals surface area contributed by atoms with Crippen LogP contribution in [0, 0.1) is 5.92 Å². The van der Waals surface area contributed by atoms with Crippen molar-refractivity contribution in [2.24, 2.45) is 5.92 Å². The van der Waals surface area contributed by atoms with E-state index < -0.39 is 25.0 Å². The molecule has 0 fully saturated rings. The first-order chi connectivity index (χ1) is 13.3. The molecule has 6 nitrogen and oxygen atoms in total. The number of nitrogens with one attached hydrogen (secondary N) is 1. The lowest BCUT2D eigenvalue weighted by Gasteiger charge is -2.31. The highest BCUT2D eigenvalue weighted by molar-refractivity contribution is 5.65. The van der Waals surface area contributed by atoms with E-state index >= 15 is 0 Å². The highest BCUT2D eigenvalue weighted by Gasteiger charge is 2.29. The van der Waals surface area contributed by atoms with Crippen molar-refractivity contribution in [1.82, 2.24) is 15.3 Å². The lowest BCUT2D eigenvalue weighted by Crippen LogP contribution is -2.50. The largest absolute Gasteiger partial charge is 0.489 e. The molecular formula is C20H25F2N3O3. The third kappa shape index (κ3) is 5.87. The van der Waals surface area contributed by atoms with E-state index in [1.165, 1.54) is 6.20 Å². The van der Waals surface area contributed by atoms with Gasteiger partial charge in [-0.25, -0.2) is 18.6 Å². The van der Waals surface area contributed by atoms with Crippen LogP contribution < -0.4 is 10.1 Å². The molecular weight excluding hydrogens is 368 g/mol. The van der Waals surface area contributed by atoms with Gasteiger partial charge in [0.05, 0.1) is 16.9 Å². The quantitative estimate of drug-likeness (QED) is 0.654. The molecule has 1 atom stereocenters. The van der Waals surface area contributed by atoms with Gasteiger partial charge in [-0.3, -0.25) is 4.98 Å². The highest BCUT2D eigenvalue weighted by Crippen LogP contribution is 2.26. The summed E-state index contributed by atoms with van der Waals surface area (Å²) in [4.78, 5) is 19.3. The number of carboxylic acid groups (broad SMARTS) is 1. The van der Waals surface area contributed by atoms with Crippen molar-refractivity contribution in [1.29, 1.82) is 0 Å². The van der Waals surface area contributed by atoms with Gasteiger partial charge in [0.2, 0.25) is 0 Å². The van der Waals surface area contributed by atoms with Crippen LogP contribution in [0.4, 0.5) is 13.6 Å². The normalized spacial score (nSPS) is 13.2. The lowest BCUT2D eigenvalue weighted by atomic mass is 9.91. The van der Waals surface area contributed by atoms with Crippen LogP contribution in [0.15, 0.2) is 30.5 Å². The third-order valence-electron chi connectivity index (χ3n) is 4.12. The predicted octanol–water partition coefficient (Wildman–Crippen LogP) is 4.53. The molecule has 0 aliphatic carbocycles. The van der Waals surface area contributed by atoms with Crippen molar-refractivity contribution in [2.75, 3.05) is 6.61 Å². The Morgan fingerprint density at radius 3 is 2.64 bits per heavy atom. The van der Waals surface area contributed by atoms with E-state index in [0.29, 0.717) is 17.7 Å². The van der Waals surface area contributed by atoms with Crippen LogP contribution >= 0.6 is 0 Å². The number of hydrogen-bond acceptors (Lipinski definition) is 4. The predicted molar refractivity (Wildman–Crippen MR) is 102 cm³/mol. The topological polar surface area (TPSA) is 84.3 Å². The second kappa shape index (κ2) is 9.43. The van der Waals surface area contributed by atoms with Gasteiger partial charge in [0, 0.05) is 11.8 Å². The van der Waals surface area contributed by atoms with Gasteiger partial charge in [-0.15, -0.1) is 0 Å². The summed E-state index contributed by atoms with van der Waals surface area (Å²) in [5, 5.41) is 11.6. The first-order valence-electron chi connectivity index (χ1n) is 8.97. The molecule has 28 heavy (non-hydrogen) atoms. The Labute approximate surface area is 163 Å². The first-order valence-corrected chi connectivity index (χ1v) is 8.97. The average molecular weight is 393 g/mol. The maximum atomic E-state index is 13.5. The Balaban J connectivity index is 2.22. The van der Waals surface area contributed by atoms with Crippen LogP contribution in [0.5, 0.6) is 5.75 Å². The smallest absolute Gasteiger partial charge is 0.405 e. The monoisotopic (exact) mass is 393 g/mol.